The van der Waals surface area contributed by atoms with Gasteiger partial charge in [0, 0.05) is 38.4 Å². The van der Waals surface area contributed by atoms with Crippen molar-refractivity contribution in [2.75, 3.05) is 37.6 Å². The predicted molar refractivity (Wildman–Crippen MR) is 87.7 cm³/mol. The summed E-state index contributed by atoms with van der Waals surface area (Å²) < 4.78 is 0. The molecule has 2 aliphatic rings. The number of hydrogen-bond acceptors (Lipinski definition) is 4. The molecule has 21 heavy (non-hydrogen) atoms. The summed E-state index contributed by atoms with van der Waals surface area (Å²) in [5, 5.41) is 3.48. The Hall–Kier alpha value is -1.13. The number of anilines is 1. The number of pyridine rings is 1. The van der Waals surface area contributed by atoms with Crippen LogP contribution in [0.2, 0.25) is 0 Å². The summed E-state index contributed by atoms with van der Waals surface area (Å²) in [6.07, 6.45) is 7.13. The molecule has 0 radical (unpaired) electrons. The second-order valence-corrected chi connectivity index (χ2v) is 6.33. The van der Waals surface area contributed by atoms with Crippen LogP contribution in [0.5, 0.6) is 0 Å². The van der Waals surface area contributed by atoms with E-state index in [0.717, 1.165) is 32.2 Å². The standard InChI is InChI=1S/C17H28N4/c1-2-7-18-13-15-6-8-19-17(12-15)21-11-4-10-20-9-3-5-16(20)14-21/h6,8,12,16,18H,2-5,7,9-11,13-14H2,1H3. The van der Waals surface area contributed by atoms with Crippen molar-refractivity contribution in [2.45, 2.75) is 45.2 Å². The summed E-state index contributed by atoms with van der Waals surface area (Å²) >= 11 is 0. The van der Waals surface area contributed by atoms with E-state index in [-0.39, 0.29) is 0 Å². The van der Waals surface area contributed by atoms with Crippen LogP contribution in [0.25, 0.3) is 0 Å². The van der Waals surface area contributed by atoms with Crippen LogP contribution in [0.3, 0.4) is 0 Å². The molecule has 0 saturated carbocycles. The van der Waals surface area contributed by atoms with Crippen LogP contribution in [0, 0.1) is 0 Å². The molecule has 0 bridgehead atoms. The fraction of sp³-hybridized carbons (Fsp3) is 0.706. The molecule has 0 aromatic carbocycles. The van der Waals surface area contributed by atoms with Gasteiger partial charge in [-0.15, -0.1) is 0 Å². The van der Waals surface area contributed by atoms with Gasteiger partial charge < -0.3 is 10.2 Å². The van der Waals surface area contributed by atoms with Crippen LogP contribution in [0.1, 0.15) is 38.2 Å². The number of nitrogens with zero attached hydrogens (tertiary/aromatic N) is 3. The third kappa shape index (κ3) is 3.74. The Kier molecular flexibility index (Phi) is 5.09. The molecule has 4 nitrogen and oxygen atoms in total. The molecule has 116 valence electrons. The molecule has 2 fully saturated rings. The molecule has 2 aliphatic heterocycles. The first-order valence-corrected chi connectivity index (χ1v) is 8.51. The zero-order chi connectivity index (χ0) is 14.5. The topological polar surface area (TPSA) is 31.4 Å². The summed E-state index contributed by atoms with van der Waals surface area (Å²) in [6, 6.07) is 5.15. The van der Waals surface area contributed by atoms with Gasteiger partial charge in [0.15, 0.2) is 0 Å². The molecule has 0 spiro atoms. The molecular formula is C17H28N4. The van der Waals surface area contributed by atoms with E-state index in [1.165, 1.54) is 50.2 Å². The smallest absolute Gasteiger partial charge is 0.128 e. The third-order valence-corrected chi connectivity index (χ3v) is 4.69. The summed E-state index contributed by atoms with van der Waals surface area (Å²) in [4.78, 5) is 9.80. The van der Waals surface area contributed by atoms with Crippen LogP contribution in [-0.2, 0) is 6.54 Å². The van der Waals surface area contributed by atoms with Crippen molar-refractivity contribution in [3.05, 3.63) is 23.9 Å². The number of aromatic nitrogens is 1. The van der Waals surface area contributed by atoms with Crippen LogP contribution >= 0.6 is 0 Å². The van der Waals surface area contributed by atoms with Gasteiger partial charge in [-0.05, 0) is 56.5 Å². The molecule has 0 amide bonds. The van der Waals surface area contributed by atoms with Crippen LogP contribution < -0.4 is 10.2 Å². The van der Waals surface area contributed by atoms with Gasteiger partial charge in [-0.2, -0.15) is 0 Å². The second-order valence-electron chi connectivity index (χ2n) is 6.33. The average Bonchev–Trinajstić information content (AvgIpc) is 2.85. The SMILES string of the molecule is CCCNCc1ccnc(N2CCCN3CCCC3C2)c1. The van der Waals surface area contributed by atoms with Crippen molar-refractivity contribution in [1.29, 1.82) is 0 Å². The molecule has 3 rings (SSSR count). The lowest BCUT2D eigenvalue weighted by molar-refractivity contribution is 0.273. The molecule has 2 saturated heterocycles. The Morgan fingerprint density at radius 1 is 1.29 bits per heavy atom. The Bertz CT molecular complexity index is 448. The van der Waals surface area contributed by atoms with Gasteiger partial charge in [-0.25, -0.2) is 4.98 Å². The zero-order valence-electron chi connectivity index (χ0n) is 13.2. The van der Waals surface area contributed by atoms with E-state index in [1.54, 1.807) is 0 Å². The molecule has 4 heteroatoms. The fourth-order valence-corrected chi connectivity index (χ4v) is 3.57. The predicted octanol–water partition coefficient (Wildman–Crippen LogP) is 2.26. The fourth-order valence-electron chi connectivity index (χ4n) is 3.57. The van der Waals surface area contributed by atoms with E-state index in [0.29, 0.717) is 0 Å². The lowest BCUT2D eigenvalue weighted by atomic mass is 10.2. The highest BCUT2D eigenvalue weighted by Gasteiger charge is 2.29. The van der Waals surface area contributed by atoms with E-state index in [9.17, 15) is 0 Å². The van der Waals surface area contributed by atoms with Crippen LogP contribution in [0.15, 0.2) is 18.3 Å². The van der Waals surface area contributed by atoms with Crippen LogP contribution in [0.4, 0.5) is 5.82 Å². The van der Waals surface area contributed by atoms with Gasteiger partial charge >= 0.3 is 0 Å². The van der Waals surface area contributed by atoms with Gasteiger partial charge in [0.05, 0.1) is 0 Å². The first kappa shape index (κ1) is 14.8. The maximum atomic E-state index is 4.63. The minimum atomic E-state index is 0.746. The Labute approximate surface area is 128 Å². The van der Waals surface area contributed by atoms with E-state index in [4.69, 9.17) is 0 Å². The third-order valence-electron chi connectivity index (χ3n) is 4.69. The number of hydrogen-bond donors (Lipinski definition) is 1. The zero-order valence-corrected chi connectivity index (χ0v) is 13.2. The number of rotatable bonds is 5. The second kappa shape index (κ2) is 7.23. The van der Waals surface area contributed by atoms with E-state index in [1.807, 2.05) is 6.20 Å². The highest BCUT2D eigenvalue weighted by Crippen LogP contribution is 2.24. The summed E-state index contributed by atoms with van der Waals surface area (Å²) in [7, 11) is 0. The number of fused-ring (bicyclic) bond motifs is 1. The maximum Gasteiger partial charge on any atom is 0.128 e. The largest absolute Gasteiger partial charge is 0.355 e. The summed E-state index contributed by atoms with van der Waals surface area (Å²) in [5.74, 6) is 1.17. The lowest BCUT2D eigenvalue weighted by Crippen LogP contribution is -2.37. The van der Waals surface area contributed by atoms with Crippen molar-refractivity contribution >= 4 is 5.82 Å². The normalized spacial score (nSPS) is 23.1. The molecule has 3 heterocycles. The first-order valence-electron chi connectivity index (χ1n) is 8.51. The molecule has 1 aromatic rings. The molecule has 1 aromatic heterocycles. The summed E-state index contributed by atoms with van der Waals surface area (Å²) in [5.41, 5.74) is 1.35. The van der Waals surface area contributed by atoms with Crippen molar-refractivity contribution in [2.24, 2.45) is 0 Å². The maximum absolute atomic E-state index is 4.63. The monoisotopic (exact) mass is 288 g/mol. The van der Waals surface area contributed by atoms with E-state index >= 15 is 0 Å². The summed E-state index contributed by atoms with van der Waals surface area (Å²) in [6.45, 7) is 9.09. The quantitative estimate of drug-likeness (QED) is 0.842. The van der Waals surface area contributed by atoms with Gasteiger partial charge in [-0.3, -0.25) is 4.90 Å². The van der Waals surface area contributed by atoms with E-state index < -0.39 is 0 Å². The highest BCUT2D eigenvalue weighted by atomic mass is 15.3. The minimum Gasteiger partial charge on any atom is -0.355 e. The molecular weight excluding hydrogens is 260 g/mol. The molecule has 1 N–H and O–H groups in total. The van der Waals surface area contributed by atoms with Gasteiger partial charge in [0.2, 0.25) is 0 Å². The van der Waals surface area contributed by atoms with E-state index in [2.05, 4.69) is 39.2 Å². The minimum absolute atomic E-state index is 0.746. The number of nitrogens with one attached hydrogen (secondary N) is 1. The van der Waals surface area contributed by atoms with Gasteiger partial charge in [0.1, 0.15) is 5.82 Å². The molecule has 1 atom stereocenters. The molecule has 1 unspecified atom stereocenters. The van der Waals surface area contributed by atoms with Crippen molar-refractivity contribution in [3.63, 3.8) is 0 Å². The van der Waals surface area contributed by atoms with Crippen molar-refractivity contribution < 1.29 is 0 Å². The van der Waals surface area contributed by atoms with Crippen molar-refractivity contribution in [3.8, 4) is 0 Å². The highest BCUT2D eigenvalue weighted by molar-refractivity contribution is 5.41. The molecule has 0 aliphatic carbocycles. The van der Waals surface area contributed by atoms with Gasteiger partial charge in [-0.1, -0.05) is 6.92 Å². The lowest BCUT2D eigenvalue weighted by Gasteiger charge is -2.26. The van der Waals surface area contributed by atoms with Gasteiger partial charge in [0.25, 0.3) is 0 Å². The average molecular weight is 288 g/mol. The Morgan fingerprint density at radius 3 is 3.10 bits per heavy atom. The van der Waals surface area contributed by atoms with Crippen LogP contribution in [-0.4, -0.2) is 48.6 Å². The Morgan fingerprint density at radius 2 is 2.19 bits per heavy atom. The first-order chi connectivity index (χ1) is 10.4. The van der Waals surface area contributed by atoms with Crippen molar-refractivity contribution in [1.82, 2.24) is 15.2 Å². The Balaban J connectivity index is 1.66.